The number of hydrogen-bond acceptors (Lipinski definition) is 7. The van der Waals surface area contributed by atoms with Crippen molar-refractivity contribution < 1.29 is 33.3 Å². The molecule has 1 atom stereocenters. The Balaban J connectivity index is 1.44. The number of rotatable bonds is 8. The molecule has 0 saturated heterocycles. The first-order valence-corrected chi connectivity index (χ1v) is 8.72. The van der Waals surface area contributed by atoms with Crippen molar-refractivity contribution in [3.05, 3.63) is 42.5 Å². The number of ether oxygens (including phenoxy) is 5. The number of nitrogens with one attached hydrogen (secondary N) is 1. The van der Waals surface area contributed by atoms with Gasteiger partial charge in [0.1, 0.15) is 0 Å². The maximum atomic E-state index is 12.2. The average Bonchev–Trinajstić information content (AvgIpc) is 3.16. The monoisotopic (exact) mass is 387 g/mol. The molecule has 8 nitrogen and oxygen atoms in total. The lowest BCUT2D eigenvalue weighted by Gasteiger charge is -2.14. The van der Waals surface area contributed by atoms with E-state index in [1.807, 2.05) is 6.07 Å². The van der Waals surface area contributed by atoms with Crippen molar-refractivity contribution in [2.75, 3.05) is 25.8 Å². The predicted molar refractivity (Wildman–Crippen MR) is 99.9 cm³/mol. The zero-order chi connectivity index (χ0) is 19.9. The first kappa shape index (κ1) is 19.3. The van der Waals surface area contributed by atoms with Gasteiger partial charge in [0.15, 0.2) is 29.1 Å². The summed E-state index contributed by atoms with van der Waals surface area (Å²) in [6, 6.07) is 12.2. The summed E-state index contributed by atoms with van der Waals surface area (Å²) in [5.74, 6) is 1.29. The molecule has 1 unspecified atom stereocenters. The van der Waals surface area contributed by atoms with Crippen LogP contribution in [0.3, 0.4) is 0 Å². The third kappa shape index (κ3) is 4.85. The summed E-state index contributed by atoms with van der Waals surface area (Å²) in [4.78, 5) is 24.2. The Labute approximate surface area is 162 Å². The largest absolute Gasteiger partial charge is 0.493 e. The molecule has 1 amide bonds. The number of carbonyl (C=O) groups is 2. The lowest BCUT2D eigenvalue weighted by Crippen LogP contribution is -2.30. The van der Waals surface area contributed by atoms with Gasteiger partial charge in [-0.25, -0.2) is 0 Å². The minimum absolute atomic E-state index is 0.000305. The van der Waals surface area contributed by atoms with Crippen molar-refractivity contribution in [1.29, 1.82) is 0 Å². The Hall–Kier alpha value is -3.42. The molecule has 1 heterocycles. The molecule has 0 fully saturated rings. The summed E-state index contributed by atoms with van der Waals surface area (Å²) >= 11 is 0. The fourth-order valence-electron chi connectivity index (χ4n) is 2.51. The van der Waals surface area contributed by atoms with Crippen molar-refractivity contribution in [1.82, 2.24) is 0 Å². The first-order valence-electron chi connectivity index (χ1n) is 8.72. The lowest BCUT2D eigenvalue weighted by molar-refractivity contribution is -0.153. The van der Waals surface area contributed by atoms with Gasteiger partial charge >= 0.3 is 5.97 Å². The van der Waals surface area contributed by atoms with E-state index in [1.54, 1.807) is 36.4 Å². The number of fused-ring (bicyclic) bond motifs is 1. The lowest BCUT2D eigenvalue weighted by atomic mass is 10.2. The van der Waals surface area contributed by atoms with Gasteiger partial charge in [-0.05, 0) is 31.2 Å². The first-order chi connectivity index (χ1) is 13.6. The van der Waals surface area contributed by atoms with Gasteiger partial charge in [-0.2, -0.15) is 0 Å². The molecule has 1 N–H and O–H groups in total. The van der Waals surface area contributed by atoms with Crippen molar-refractivity contribution in [2.24, 2.45) is 0 Å². The van der Waals surface area contributed by atoms with Gasteiger partial charge in [0.05, 0.1) is 20.1 Å². The second kappa shape index (κ2) is 8.98. The number of anilines is 1. The van der Waals surface area contributed by atoms with Gasteiger partial charge in [-0.3, -0.25) is 9.59 Å². The van der Waals surface area contributed by atoms with Crippen molar-refractivity contribution >= 4 is 17.6 Å². The molecular formula is C20H21NO7. The van der Waals surface area contributed by atoms with E-state index in [-0.39, 0.29) is 19.8 Å². The number of methoxy groups -OCH3 is 1. The number of amides is 1. The van der Waals surface area contributed by atoms with E-state index in [9.17, 15) is 9.59 Å². The van der Waals surface area contributed by atoms with Crippen molar-refractivity contribution in [3.63, 3.8) is 0 Å². The number of hydrogen-bond donors (Lipinski definition) is 1. The van der Waals surface area contributed by atoms with Gasteiger partial charge in [-0.1, -0.05) is 12.1 Å². The van der Waals surface area contributed by atoms with Crippen LogP contribution in [0.2, 0.25) is 0 Å². The second-order valence-corrected chi connectivity index (χ2v) is 5.94. The minimum Gasteiger partial charge on any atom is -0.493 e. The molecule has 0 saturated carbocycles. The van der Waals surface area contributed by atoms with Gasteiger partial charge in [0, 0.05) is 11.8 Å². The highest BCUT2D eigenvalue weighted by Crippen LogP contribution is 2.34. The molecule has 3 rings (SSSR count). The number of esters is 1. The fraction of sp³-hybridized carbons (Fsp3) is 0.300. The van der Waals surface area contributed by atoms with Gasteiger partial charge in [0.2, 0.25) is 6.79 Å². The summed E-state index contributed by atoms with van der Waals surface area (Å²) < 4.78 is 26.3. The third-order valence-corrected chi connectivity index (χ3v) is 3.95. The van der Waals surface area contributed by atoms with E-state index >= 15 is 0 Å². The maximum Gasteiger partial charge on any atom is 0.310 e. The van der Waals surface area contributed by atoms with Crippen molar-refractivity contribution in [2.45, 2.75) is 19.4 Å². The normalized spacial score (nSPS) is 12.8. The zero-order valence-corrected chi connectivity index (χ0v) is 15.6. The smallest absolute Gasteiger partial charge is 0.310 e. The summed E-state index contributed by atoms with van der Waals surface area (Å²) in [6.07, 6.45) is -0.955. The Morgan fingerprint density at radius 3 is 2.64 bits per heavy atom. The molecule has 148 valence electrons. The Morgan fingerprint density at radius 2 is 1.86 bits per heavy atom. The molecule has 2 aromatic rings. The Bertz CT molecular complexity index is 852. The van der Waals surface area contributed by atoms with Crippen LogP contribution in [0, 0.1) is 0 Å². The number of para-hydroxylation sites is 2. The quantitative estimate of drug-likeness (QED) is 0.696. The highest BCUT2D eigenvalue weighted by Gasteiger charge is 2.20. The van der Waals surface area contributed by atoms with E-state index in [2.05, 4.69) is 5.32 Å². The van der Waals surface area contributed by atoms with E-state index < -0.39 is 18.0 Å². The molecule has 0 aromatic heterocycles. The summed E-state index contributed by atoms with van der Waals surface area (Å²) in [7, 11) is 1.54. The molecule has 8 heteroatoms. The average molecular weight is 387 g/mol. The van der Waals surface area contributed by atoms with Crippen LogP contribution in [0.1, 0.15) is 13.3 Å². The van der Waals surface area contributed by atoms with E-state index in [4.69, 9.17) is 23.7 Å². The topological polar surface area (TPSA) is 92.3 Å². The number of benzene rings is 2. The maximum absolute atomic E-state index is 12.2. The van der Waals surface area contributed by atoms with Crippen LogP contribution >= 0.6 is 0 Å². The highest BCUT2D eigenvalue weighted by atomic mass is 16.7. The highest BCUT2D eigenvalue weighted by molar-refractivity contribution is 5.95. The van der Waals surface area contributed by atoms with E-state index in [1.165, 1.54) is 14.0 Å². The van der Waals surface area contributed by atoms with Gasteiger partial charge in [-0.15, -0.1) is 0 Å². The van der Waals surface area contributed by atoms with Crippen LogP contribution in [-0.2, 0) is 14.3 Å². The van der Waals surface area contributed by atoms with Crippen LogP contribution in [0.4, 0.5) is 5.69 Å². The van der Waals surface area contributed by atoms with Crippen LogP contribution in [0.15, 0.2) is 42.5 Å². The molecule has 2 aromatic carbocycles. The van der Waals surface area contributed by atoms with Crippen LogP contribution in [0.5, 0.6) is 23.0 Å². The predicted octanol–water partition coefficient (Wildman–Crippen LogP) is 2.76. The molecular weight excluding hydrogens is 366 g/mol. The molecule has 0 spiro atoms. The molecule has 28 heavy (non-hydrogen) atoms. The second-order valence-electron chi connectivity index (χ2n) is 5.94. The Kier molecular flexibility index (Phi) is 6.21. The fourth-order valence-corrected chi connectivity index (χ4v) is 2.51. The molecule has 0 radical (unpaired) electrons. The molecule has 0 bridgehead atoms. The summed E-state index contributed by atoms with van der Waals surface area (Å²) in [5, 5.41) is 2.67. The Morgan fingerprint density at radius 1 is 1.11 bits per heavy atom. The zero-order valence-electron chi connectivity index (χ0n) is 15.6. The van der Waals surface area contributed by atoms with E-state index in [0.717, 1.165) is 0 Å². The van der Waals surface area contributed by atoms with Gasteiger partial charge in [0.25, 0.3) is 5.91 Å². The summed E-state index contributed by atoms with van der Waals surface area (Å²) in [6.45, 7) is 1.76. The SMILES string of the molecule is COc1ccccc1OCCC(=O)OC(C)C(=O)Nc1ccc2c(c1)OCO2. The summed E-state index contributed by atoms with van der Waals surface area (Å²) in [5.41, 5.74) is 0.525. The molecule has 1 aliphatic rings. The van der Waals surface area contributed by atoms with Crippen LogP contribution < -0.4 is 24.3 Å². The van der Waals surface area contributed by atoms with E-state index in [0.29, 0.717) is 28.7 Å². The van der Waals surface area contributed by atoms with Crippen molar-refractivity contribution in [3.8, 4) is 23.0 Å². The molecule has 0 aliphatic carbocycles. The standard InChI is InChI=1S/C20H21NO7/c1-13(20(23)21-14-7-8-17-18(11-14)27-12-26-17)28-19(22)9-10-25-16-6-4-3-5-15(16)24-2/h3-8,11,13H,9-10,12H2,1-2H3,(H,21,23). The number of carbonyl (C=O) groups excluding carboxylic acids is 2. The molecule has 1 aliphatic heterocycles. The van der Waals surface area contributed by atoms with Crippen LogP contribution in [0.25, 0.3) is 0 Å². The van der Waals surface area contributed by atoms with Gasteiger partial charge < -0.3 is 29.0 Å². The third-order valence-electron chi connectivity index (χ3n) is 3.95. The minimum atomic E-state index is -0.954. The van der Waals surface area contributed by atoms with Crippen LogP contribution in [-0.4, -0.2) is 38.5 Å².